The number of guanidine groups is 1. The Morgan fingerprint density at radius 2 is 2.39 bits per heavy atom. The Balaban J connectivity index is 0.00000162. The first-order chi connectivity index (χ1) is 8.24. The van der Waals surface area contributed by atoms with E-state index in [-0.39, 0.29) is 24.0 Å². The first-order valence-electron chi connectivity index (χ1n) is 6.25. The molecule has 1 aliphatic rings. The molecule has 0 aliphatic heterocycles. The average Bonchev–Trinajstić information content (AvgIpc) is 2.62. The van der Waals surface area contributed by atoms with Crippen molar-refractivity contribution >= 4 is 29.9 Å². The number of hydrogen-bond donors (Lipinski definition) is 2. The van der Waals surface area contributed by atoms with Crippen LogP contribution in [0.4, 0.5) is 0 Å². The summed E-state index contributed by atoms with van der Waals surface area (Å²) in [6, 6.07) is 0. The summed E-state index contributed by atoms with van der Waals surface area (Å²) < 4.78 is 1.81. The molecule has 0 saturated heterocycles. The van der Waals surface area contributed by atoms with Crippen LogP contribution >= 0.6 is 24.0 Å². The Hall–Kier alpha value is -0.790. The van der Waals surface area contributed by atoms with Crippen LogP contribution in [0.25, 0.3) is 0 Å². The zero-order valence-corrected chi connectivity index (χ0v) is 13.1. The third-order valence-electron chi connectivity index (χ3n) is 3.22. The molecule has 0 unspecified atom stereocenters. The fraction of sp³-hybridized carbons (Fsp3) is 0.667. The fourth-order valence-electron chi connectivity index (χ4n) is 1.89. The molecule has 0 radical (unpaired) electrons. The number of nitrogens with zero attached hydrogens (tertiary/aromatic N) is 3. The summed E-state index contributed by atoms with van der Waals surface area (Å²) in [4.78, 5) is 4.35. The van der Waals surface area contributed by atoms with Crippen LogP contribution in [-0.4, -0.2) is 28.8 Å². The first-order valence-corrected chi connectivity index (χ1v) is 6.25. The number of aliphatic imine (C=N–C) groups is 1. The van der Waals surface area contributed by atoms with Gasteiger partial charge in [0.1, 0.15) is 0 Å². The molecule has 1 aromatic rings. The second kappa shape index (κ2) is 7.60. The highest BCUT2D eigenvalue weighted by Crippen LogP contribution is 2.26. The van der Waals surface area contributed by atoms with E-state index in [0.29, 0.717) is 5.96 Å². The molecular weight excluding hydrogens is 341 g/mol. The van der Waals surface area contributed by atoms with Gasteiger partial charge in [-0.05, 0) is 30.7 Å². The molecule has 102 valence electrons. The van der Waals surface area contributed by atoms with Gasteiger partial charge in [0.25, 0.3) is 0 Å². The monoisotopic (exact) mass is 363 g/mol. The number of aryl methyl sites for hydroxylation is 1. The number of rotatable bonds is 5. The average molecular weight is 363 g/mol. The summed E-state index contributed by atoms with van der Waals surface area (Å²) in [5.41, 5.74) is 7.00. The lowest BCUT2D eigenvalue weighted by Gasteiger charge is -2.23. The second-order valence-electron chi connectivity index (χ2n) is 4.72. The van der Waals surface area contributed by atoms with Crippen molar-refractivity contribution in [2.24, 2.45) is 23.7 Å². The van der Waals surface area contributed by atoms with Gasteiger partial charge in [-0.25, -0.2) is 0 Å². The third kappa shape index (κ3) is 4.83. The normalized spacial score (nSPS) is 15.9. The van der Waals surface area contributed by atoms with Crippen LogP contribution in [0.15, 0.2) is 17.4 Å². The van der Waals surface area contributed by atoms with Gasteiger partial charge in [0.2, 0.25) is 0 Å². The lowest BCUT2D eigenvalue weighted by Crippen LogP contribution is -2.34. The Morgan fingerprint density at radius 1 is 1.61 bits per heavy atom. The summed E-state index contributed by atoms with van der Waals surface area (Å²) in [6.45, 7) is 1.69. The van der Waals surface area contributed by atoms with Crippen molar-refractivity contribution in [2.45, 2.75) is 25.7 Å². The van der Waals surface area contributed by atoms with E-state index in [9.17, 15) is 0 Å². The maximum absolute atomic E-state index is 5.79. The number of hydrogen-bond acceptors (Lipinski definition) is 2. The number of nitrogens with one attached hydrogen (secondary N) is 1. The van der Waals surface area contributed by atoms with E-state index < -0.39 is 0 Å². The van der Waals surface area contributed by atoms with Crippen LogP contribution < -0.4 is 11.1 Å². The van der Waals surface area contributed by atoms with E-state index in [1.54, 1.807) is 0 Å². The SMILES string of the molecule is Cn1cc(CCNC(N)=NCC2CCC2)cn1.I. The Kier molecular flexibility index (Phi) is 6.45. The molecule has 1 fully saturated rings. The van der Waals surface area contributed by atoms with Crippen molar-refractivity contribution in [3.05, 3.63) is 18.0 Å². The third-order valence-corrected chi connectivity index (χ3v) is 3.22. The van der Waals surface area contributed by atoms with Gasteiger partial charge in [0, 0.05) is 26.3 Å². The molecule has 6 heteroatoms. The fourth-order valence-corrected chi connectivity index (χ4v) is 1.89. The predicted molar refractivity (Wildman–Crippen MR) is 84.2 cm³/mol. The van der Waals surface area contributed by atoms with Gasteiger partial charge in [-0.3, -0.25) is 9.67 Å². The van der Waals surface area contributed by atoms with Crippen molar-refractivity contribution < 1.29 is 0 Å². The highest BCUT2D eigenvalue weighted by molar-refractivity contribution is 14.0. The molecule has 1 aliphatic carbocycles. The van der Waals surface area contributed by atoms with E-state index in [0.717, 1.165) is 25.4 Å². The summed E-state index contributed by atoms with van der Waals surface area (Å²) >= 11 is 0. The van der Waals surface area contributed by atoms with Gasteiger partial charge in [0.05, 0.1) is 6.20 Å². The topological polar surface area (TPSA) is 68.2 Å². The van der Waals surface area contributed by atoms with Crippen molar-refractivity contribution in [2.75, 3.05) is 13.1 Å². The van der Waals surface area contributed by atoms with Gasteiger partial charge < -0.3 is 11.1 Å². The molecule has 2 rings (SSSR count). The van der Waals surface area contributed by atoms with Crippen LogP contribution in [0, 0.1) is 5.92 Å². The summed E-state index contributed by atoms with van der Waals surface area (Å²) in [5, 5.41) is 7.25. The molecule has 1 heterocycles. The highest BCUT2D eigenvalue weighted by atomic mass is 127. The van der Waals surface area contributed by atoms with E-state index in [1.165, 1.54) is 24.8 Å². The minimum Gasteiger partial charge on any atom is -0.370 e. The van der Waals surface area contributed by atoms with Gasteiger partial charge >= 0.3 is 0 Å². The van der Waals surface area contributed by atoms with Crippen LogP contribution in [0.3, 0.4) is 0 Å². The van der Waals surface area contributed by atoms with E-state index in [4.69, 9.17) is 5.73 Å². The molecule has 0 spiro atoms. The van der Waals surface area contributed by atoms with E-state index in [2.05, 4.69) is 15.4 Å². The smallest absolute Gasteiger partial charge is 0.188 e. The van der Waals surface area contributed by atoms with Crippen LogP contribution in [0.1, 0.15) is 24.8 Å². The number of nitrogens with two attached hydrogens (primary N) is 1. The first kappa shape index (κ1) is 15.3. The Morgan fingerprint density at radius 3 is 2.94 bits per heavy atom. The lowest BCUT2D eigenvalue weighted by atomic mass is 9.86. The maximum Gasteiger partial charge on any atom is 0.188 e. The lowest BCUT2D eigenvalue weighted by molar-refractivity contribution is 0.326. The van der Waals surface area contributed by atoms with Gasteiger partial charge in [-0.15, -0.1) is 24.0 Å². The predicted octanol–water partition coefficient (Wildman–Crippen LogP) is 1.28. The standard InChI is InChI=1S/C12H21N5.HI/c1-17-9-11(8-16-17)5-6-14-12(13)15-7-10-3-2-4-10;/h8-10H,2-7H2,1H3,(H3,13,14,15);1H. The minimum absolute atomic E-state index is 0. The van der Waals surface area contributed by atoms with E-state index in [1.807, 2.05) is 24.1 Å². The van der Waals surface area contributed by atoms with Crippen molar-refractivity contribution in [3.63, 3.8) is 0 Å². The molecule has 0 bridgehead atoms. The zero-order chi connectivity index (χ0) is 12.1. The van der Waals surface area contributed by atoms with Gasteiger partial charge in [0.15, 0.2) is 5.96 Å². The summed E-state index contributed by atoms with van der Waals surface area (Å²) in [5.74, 6) is 1.34. The highest BCUT2D eigenvalue weighted by Gasteiger charge is 2.16. The molecular formula is C12H22IN5. The van der Waals surface area contributed by atoms with Crippen LogP contribution in [0.5, 0.6) is 0 Å². The maximum atomic E-state index is 5.79. The Bertz CT molecular complexity index is 384. The molecule has 18 heavy (non-hydrogen) atoms. The molecule has 0 aromatic carbocycles. The quantitative estimate of drug-likeness (QED) is 0.471. The number of halogens is 1. The van der Waals surface area contributed by atoms with Crippen LogP contribution in [-0.2, 0) is 13.5 Å². The molecule has 0 amide bonds. The summed E-state index contributed by atoms with van der Waals surface area (Å²) in [6.07, 6.45) is 8.80. The van der Waals surface area contributed by atoms with Gasteiger partial charge in [-0.1, -0.05) is 6.42 Å². The Labute approximate surface area is 125 Å². The van der Waals surface area contributed by atoms with Crippen molar-refractivity contribution in [3.8, 4) is 0 Å². The molecule has 0 atom stereocenters. The summed E-state index contributed by atoms with van der Waals surface area (Å²) in [7, 11) is 1.92. The number of aromatic nitrogens is 2. The molecule has 3 N–H and O–H groups in total. The van der Waals surface area contributed by atoms with Crippen molar-refractivity contribution in [1.82, 2.24) is 15.1 Å². The van der Waals surface area contributed by atoms with Gasteiger partial charge in [-0.2, -0.15) is 5.10 Å². The minimum atomic E-state index is 0. The molecule has 5 nitrogen and oxygen atoms in total. The zero-order valence-electron chi connectivity index (χ0n) is 10.8. The van der Waals surface area contributed by atoms with E-state index >= 15 is 0 Å². The van der Waals surface area contributed by atoms with Crippen molar-refractivity contribution in [1.29, 1.82) is 0 Å². The molecule has 1 saturated carbocycles. The largest absolute Gasteiger partial charge is 0.370 e. The second-order valence-corrected chi connectivity index (χ2v) is 4.72. The van der Waals surface area contributed by atoms with Crippen LogP contribution in [0.2, 0.25) is 0 Å². The molecule has 1 aromatic heterocycles.